The summed E-state index contributed by atoms with van der Waals surface area (Å²) in [6, 6.07) is 7.37. The van der Waals surface area contributed by atoms with E-state index in [1.54, 1.807) is 0 Å². The summed E-state index contributed by atoms with van der Waals surface area (Å²) in [5.74, 6) is -1.64. The fourth-order valence-electron chi connectivity index (χ4n) is 3.43. The molecule has 0 bridgehead atoms. The molecule has 0 amide bonds. The number of halogens is 1. The molecule has 3 aromatic rings. The lowest BCUT2D eigenvalue weighted by molar-refractivity contribution is -0.277. The number of ether oxygens (including phenoxy) is 2. The van der Waals surface area contributed by atoms with Crippen LogP contribution in [-0.2, 0) is 4.74 Å². The number of aliphatic hydroxyl groups excluding tert-OH is 4. The summed E-state index contributed by atoms with van der Waals surface area (Å²) in [6.45, 7) is -0.661. The highest BCUT2D eigenvalue weighted by atomic mass is 35.5. The zero-order valence-corrected chi connectivity index (χ0v) is 17.5. The molecule has 0 unspecified atom stereocenters. The minimum absolute atomic E-state index is 0. The smallest absolute Gasteiger partial charge is 0.402 e. The molecule has 33 heavy (non-hydrogen) atoms. The van der Waals surface area contributed by atoms with Gasteiger partial charge in [-0.3, -0.25) is 0 Å². The van der Waals surface area contributed by atoms with Crippen LogP contribution >= 0.6 is 0 Å². The van der Waals surface area contributed by atoms with Gasteiger partial charge in [-0.1, -0.05) is 0 Å². The van der Waals surface area contributed by atoms with Gasteiger partial charge in [-0.15, -0.1) is 0 Å². The van der Waals surface area contributed by atoms with Crippen LogP contribution in [0.4, 0.5) is 0 Å². The van der Waals surface area contributed by atoms with Crippen LogP contribution in [0, 0.1) is 0 Å². The first-order valence-electron chi connectivity index (χ1n) is 9.52. The van der Waals surface area contributed by atoms with Crippen LogP contribution in [0.15, 0.2) is 40.8 Å². The fourth-order valence-corrected chi connectivity index (χ4v) is 3.43. The molecule has 0 saturated carbocycles. The van der Waals surface area contributed by atoms with Gasteiger partial charge in [0.1, 0.15) is 41.3 Å². The average molecular weight is 485 g/mol. The van der Waals surface area contributed by atoms with Crippen molar-refractivity contribution in [3.8, 4) is 40.1 Å². The Kier molecular flexibility index (Phi) is 7.03. The Hall–Kier alpha value is -3.06. The highest BCUT2D eigenvalue weighted by molar-refractivity contribution is 5.88. The molecule has 8 N–H and O–H groups in total. The Morgan fingerprint density at radius 1 is 0.848 bits per heavy atom. The van der Waals surface area contributed by atoms with Crippen molar-refractivity contribution in [1.82, 2.24) is 0 Å². The maximum atomic E-state index is 10.3. The summed E-state index contributed by atoms with van der Waals surface area (Å²) in [4.78, 5) is 0. The number of phenols is 4. The lowest BCUT2D eigenvalue weighted by Crippen LogP contribution is -3.00. The van der Waals surface area contributed by atoms with E-state index < -0.39 is 43.1 Å². The molecule has 11 nitrogen and oxygen atoms in total. The lowest BCUT2D eigenvalue weighted by atomic mass is 9.99. The van der Waals surface area contributed by atoms with E-state index in [4.69, 9.17) is 13.9 Å². The van der Waals surface area contributed by atoms with Gasteiger partial charge in [-0.25, -0.2) is 4.42 Å². The second kappa shape index (κ2) is 9.43. The van der Waals surface area contributed by atoms with Crippen LogP contribution in [0.25, 0.3) is 22.3 Å². The largest absolute Gasteiger partial charge is 1.00 e. The first-order valence-corrected chi connectivity index (χ1v) is 9.52. The van der Waals surface area contributed by atoms with Gasteiger partial charge >= 0.3 is 11.3 Å². The van der Waals surface area contributed by atoms with Crippen molar-refractivity contribution < 1.29 is 67.2 Å². The number of hydrogen-bond donors (Lipinski definition) is 8. The molecule has 0 spiro atoms. The van der Waals surface area contributed by atoms with Gasteiger partial charge in [0.15, 0.2) is 11.5 Å². The van der Waals surface area contributed by atoms with Crippen LogP contribution in [0.2, 0.25) is 0 Å². The monoisotopic (exact) mass is 484 g/mol. The van der Waals surface area contributed by atoms with E-state index in [1.807, 2.05) is 0 Å². The van der Waals surface area contributed by atoms with E-state index in [9.17, 15) is 40.9 Å². The van der Waals surface area contributed by atoms with Crippen molar-refractivity contribution in [1.29, 1.82) is 0 Å². The van der Waals surface area contributed by atoms with E-state index in [-0.39, 0.29) is 57.7 Å². The third-order valence-electron chi connectivity index (χ3n) is 5.15. The number of fused-ring (bicyclic) bond motifs is 1. The van der Waals surface area contributed by atoms with Gasteiger partial charge < -0.3 is 62.7 Å². The van der Waals surface area contributed by atoms with Crippen LogP contribution in [0.1, 0.15) is 0 Å². The lowest BCUT2D eigenvalue weighted by Gasteiger charge is -2.39. The molecular formula is C21H21ClO11. The first-order chi connectivity index (χ1) is 15.2. The molecule has 1 aromatic heterocycles. The van der Waals surface area contributed by atoms with Crippen molar-refractivity contribution in [2.24, 2.45) is 0 Å². The van der Waals surface area contributed by atoms with Crippen LogP contribution < -0.4 is 17.1 Å². The predicted molar refractivity (Wildman–Crippen MR) is 107 cm³/mol. The molecule has 12 heteroatoms. The molecule has 0 radical (unpaired) electrons. The molecule has 0 aliphatic carbocycles. The Balaban J connectivity index is 0.00000306. The minimum atomic E-state index is -1.71. The fraction of sp³-hybridized carbons (Fsp3) is 0.286. The highest BCUT2D eigenvalue weighted by Crippen LogP contribution is 2.42. The zero-order valence-electron chi connectivity index (χ0n) is 16.7. The van der Waals surface area contributed by atoms with E-state index >= 15 is 0 Å². The van der Waals surface area contributed by atoms with E-state index in [0.29, 0.717) is 0 Å². The molecule has 1 fully saturated rings. The Morgan fingerprint density at radius 2 is 1.58 bits per heavy atom. The molecule has 1 aliphatic heterocycles. The third kappa shape index (κ3) is 4.55. The Labute approximate surface area is 192 Å². The van der Waals surface area contributed by atoms with E-state index in [1.165, 1.54) is 30.3 Å². The van der Waals surface area contributed by atoms with Crippen molar-refractivity contribution in [2.75, 3.05) is 6.61 Å². The molecule has 4 rings (SSSR count). The van der Waals surface area contributed by atoms with Crippen molar-refractivity contribution >= 4 is 11.0 Å². The molecule has 1 saturated heterocycles. The summed E-state index contributed by atoms with van der Waals surface area (Å²) in [6.07, 6.45) is -7.76. The highest BCUT2D eigenvalue weighted by Gasteiger charge is 2.45. The molecular weight excluding hydrogens is 464 g/mol. The van der Waals surface area contributed by atoms with Gasteiger partial charge in [0.25, 0.3) is 0 Å². The Morgan fingerprint density at radius 3 is 2.24 bits per heavy atom. The summed E-state index contributed by atoms with van der Waals surface area (Å²) >= 11 is 0. The van der Waals surface area contributed by atoms with Gasteiger partial charge in [-0.05, 0) is 12.1 Å². The van der Waals surface area contributed by atoms with E-state index in [0.717, 1.165) is 6.07 Å². The predicted octanol–water partition coefficient (Wildman–Crippen LogP) is -2.61. The molecule has 5 atom stereocenters. The van der Waals surface area contributed by atoms with Crippen LogP contribution in [0.5, 0.6) is 28.7 Å². The second-order valence-corrected chi connectivity index (χ2v) is 7.34. The second-order valence-electron chi connectivity index (χ2n) is 7.34. The maximum Gasteiger partial charge on any atom is 0.402 e. The number of aromatic hydroxyl groups is 4. The van der Waals surface area contributed by atoms with Gasteiger partial charge in [0, 0.05) is 18.2 Å². The van der Waals surface area contributed by atoms with Gasteiger partial charge in [-0.2, -0.15) is 0 Å². The summed E-state index contributed by atoms with van der Waals surface area (Å²) in [5, 5.41) is 79.2. The summed E-state index contributed by atoms with van der Waals surface area (Å²) in [5.41, 5.74) is 0.260. The molecule has 1 aliphatic rings. The quantitative estimate of drug-likeness (QED) is 0.143. The van der Waals surface area contributed by atoms with Crippen molar-refractivity contribution in [3.63, 3.8) is 0 Å². The summed E-state index contributed by atoms with van der Waals surface area (Å²) < 4.78 is 16.8. The standard InChI is InChI=1S/C21H20O11.ClH/c22-7-16-17(27)18(28)19(29)21(32-16)31-15-6-10-12(25)4-9(23)5-14(10)30-20(15)8-1-2-11(24)13(26)3-8;/h1-6,16-19,21-22,27-29H,7H2,(H3-,23,24,25,26);1H/t16-,17-,18-,19-,21+;/m1./s1. The van der Waals surface area contributed by atoms with Crippen molar-refractivity contribution in [3.05, 3.63) is 36.4 Å². The average Bonchev–Trinajstić information content (AvgIpc) is 2.76. The number of aliphatic hydroxyl groups is 4. The van der Waals surface area contributed by atoms with Gasteiger partial charge in [0.2, 0.25) is 12.0 Å². The number of hydrogen-bond acceptors (Lipinski definition) is 10. The minimum Gasteiger partial charge on any atom is -1.00 e. The topological polar surface area (TPSA) is 192 Å². The van der Waals surface area contributed by atoms with Crippen LogP contribution in [0.3, 0.4) is 0 Å². The Bertz CT molecular complexity index is 1150. The zero-order chi connectivity index (χ0) is 23.2. The third-order valence-corrected chi connectivity index (χ3v) is 5.15. The normalized spacial score (nSPS) is 24.9. The van der Waals surface area contributed by atoms with Gasteiger partial charge in [0.05, 0.1) is 18.2 Å². The van der Waals surface area contributed by atoms with Crippen LogP contribution in [-0.4, -0.2) is 78.2 Å². The number of benzene rings is 2. The first kappa shape index (κ1) is 24.6. The number of rotatable bonds is 4. The SMILES string of the molecule is OC[C@H]1O[C@H](Oc2cc3c(O)cc(O)cc3[o+]c2-c2ccc(O)c(O)c2)[C@H](O)[C@H](O)[C@@H]1O.[Cl-]. The molecule has 2 heterocycles. The molecule has 178 valence electrons. The molecule has 2 aromatic carbocycles. The maximum absolute atomic E-state index is 10.3. The number of phenolic OH excluding ortho intramolecular Hbond substituents is 4. The van der Waals surface area contributed by atoms with E-state index in [2.05, 4.69) is 0 Å². The summed E-state index contributed by atoms with van der Waals surface area (Å²) in [7, 11) is 0. The van der Waals surface area contributed by atoms with Crippen molar-refractivity contribution in [2.45, 2.75) is 30.7 Å².